The average Bonchev–Trinajstić information content (AvgIpc) is 2.60. The molecule has 0 aliphatic heterocycles. The summed E-state index contributed by atoms with van der Waals surface area (Å²) in [6.45, 7) is 1.82. The molecule has 0 aliphatic carbocycles. The second-order valence-corrected chi connectivity index (χ2v) is 5.55. The number of benzene rings is 3. The fourth-order valence-corrected chi connectivity index (χ4v) is 2.80. The summed E-state index contributed by atoms with van der Waals surface area (Å²) in [7, 11) is 0. The zero-order valence-corrected chi connectivity index (χ0v) is 16.2. The quantitative estimate of drug-likeness (QED) is 0.393. The van der Waals surface area contributed by atoms with Crippen LogP contribution in [0.25, 0.3) is 16.8 Å². The molecule has 0 amide bonds. The first kappa shape index (κ1) is 19.1. The van der Waals surface area contributed by atoms with Gasteiger partial charge >= 0.3 is 29.6 Å². The van der Waals surface area contributed by atoms with Gasteiger partial charge in [-0.25, -0.2) is 0 Å². The van der Waals surface area contributed by atoms with E-state index in [0.717, 1.165) is 11.1 Å². The first-order chi connectivity index (χ1) is 11.6. The van der Waals surface area contributed by atoms with Gasteiger partial charge in [0.05, 0.1) is 5.97 Å². The third-order valence-corrected chi connectivity index (χ3v) is 3.96. The SMILES string of the molecule is Cc1cccc2c(C(=O)/C=C/c3ccccc3)ccc(C(=O)[O-])c12.[Na+]. The predicted octanol–water partition coefficient (Wildman–Crippen LogP) is 0.412. The normalized spacial score (nSPS) is 10.6. The van der Waals surface area contributed by atoms with E-state index >= 15 is 0 Å². The van der Waals surface area contributed by atoms with Crippen molar-refractivity contribution in [2.24, 2.45) is 0 Å². The maximum absolute atomic E-state index is 12.6. The van der Waals surface area contributed by atoms with Crippen LogP contribution >= 0.6 is 0 Å². The number of aryl methyl sites for hydroxylation is 1. The van der Waals surface area contributed by atoms with Gasteiger partial charge in [-0.05, 0) is 41.0 Å². The van der Waals surface area contributed by atoms with E-state index in [0.29, 0.717) is 16.3 Å². The molecule has 25 heavy (non-hydrogen) atoms. The van der Waals surface area contributed by atoms with Crippen molar-refractivity contribution in [3.8, 4) is 0 Å². The minimum atomic E-state index is -1.24. The van der Waals surface area contributed by atoms with Gasteiger partial charge in [-0.15, -0.1) is 0 Å². The second-order valence-electron chi connectivity index (χ2n) is 5.55. The van der Waals surface area contributed by atoms with Crippen molar-refractivity contribution in [2.75, 3.05) is 0 Å². The molecule has 0 atom stereocenters. The number of hydrogen-bond donors (Lipinski definition) is 0. The largest absolute Gasteiger partial charge is 1.00 e. The van der Waals surface area contributed by atoms with Crippen LogP contribution in [-0.4, -0.2) is 11.8 Å². The van der Waals surface area contributed by atoms with Gasteiger partial charge in [0.2, 0.25) is 0 Å². The van der Waals surface area contributed by atoms with Gasteiger partial charge in [-0.1, -0.05) is 60.7 Å². The molecule has 4 heteroatoms. The van der Waals surface area contributed by atoms with E-state index in [2.05, 4.69) is 0 Å². The van der Waals surface area contributed by atoms with E-state index in [1.54, 1.807) is 18.2 Å². The Morgan fingerprint density at radius 1 is 0.880 bits per heavy atom. The van der Waals surface area contributed by atoms with Crippen LogP contribution in [0.2, 0.25) is 0 Å². The van der Waals surface area contributed by atoms with Gasteiger partial charge in [0.15, 0.2) is 5.78 Å². The molecule has 0 aromatic heterocycles. The van der Waals surface area contributed by atoms with Crippen molar-refractivity contribution in [1.82, 2.24) is 0 Å². The summed E-state index contributed by atoms with van der Waals surface area (Å²) in [6, 6.07) is 17.9. The van der Waals surface area contributed by atoms with Crippen LogP contribution in [0.5, 0.6) is 0 Å². The fraction of sp³-hybridized carbons (Fsp3) is 0.0476. The summed E-state index contributed by atoms with van der Waals surface area (Å²) in [6.07, 6.45) is 3.25. The van der Waals surface area contributed by atoms with E-state index in [9.17, 15) is 14.7 Å². The van der Waals surface area contributed by atoms with Crippen LogP contribution < -0.4 is 34.7 Å². The minimum Gasteiger partial charge on any atom is -0.545 e. The molecule has 0 saturated heterocycles. The molecule has 0 fully saturated rings. The van der Waals surface area contributed by atoms with E-state index in [-0.39, 0.29) is 40.9 Å². The van der Waals surface area contributed by atoms with Crippen LogP contribution in [0, 0.1) is 6.92 Å². The van der Waals surface area contributed by atoms with Crippen LogP contribution in [0.1, 0.15) is 31.8 Å². The number of hydrogen-bond acceptors (Lipinski definition) is 3. The Kier molecular flexibility index (Phi) is 6.32. The topological polar surface area (TPSA) is 57.2 Å². The molecule has 3 aromatic carbocycles. The van der Waals surface area contributed by atoms with Gasteiger partial charge in [0.25, 0.3) is 0 Å². The summed E-state index contributed by atoms with van der Waals surface area (Å²) in [5, 5.41) is 12.5. The van der Waals surface area contributed by atoms with Gasteiger partial charge in [-0.3, -0.25) is 4.79 Å². The number of carbonyl (C=O) groups excluding carboxylic acids is 2. The number of carboxylic acid groups (broad SMARTS) is 1. The Morgan fingerprint density at radius 3 is 2.24 bits per heavy atom. The standard InChI is InChI=1S/C21H16O3.Na/c1-14-6-5-9-17-16(11-12-18(20(14)17)21(23)24)19(22)13-10-15-7-3-2-4-8-15;/h2-13H,1H3,(H,23,24);/q;+1/p-1/b13-10+;. The Bertz CT molecular complexity index is 960. The van der Waals surface area contributed by atoms with Crippen molar-refractivity contribution >= 4 is 28.6 Å². The molecule has 118 valence electrons. The maximum Gasteiger partial charge on any atom is 1.00 e. The first-order valence-corrected chi connectivity index (χ1v) is 7.59. The molecule has 0 saturated carbocycles. The van der Waals surface area contributed by atoms with Crippen LogP contribution in [0.4, 0.5) is 0 Å². The third kappa shape index (κ3) is 4.07. The van der Waals surface area contributed by atoms with Crippen molar-refractivity contribution in [3.63, 3.8) is 0 Å². The summed E-state index contributed by atoms with van der Waals surface area (Å²) in [4.78, 5) is 23.9. The summed E-state index contributed by atoms with van der Waals surface area (Å²) < 4.78 is 0. The van der Waals surface area contributed by atoms with E-state index < -0.39 is 5.97 Å². The maximum atomic E-state index is 12.6. The molecule has 3 aromatic rings. The number of rotatable bonds is 4. The molecule has 3 nitrogen and oxygen atoms in total. The molecule has 0 spiro atoms. The first-order valence-electron chi connectivity index (χ1n) is 7.59. The number of aromatic carboxylic acids is 1. The molecule has 0 bridgehead atoms. The molecule has 0 aliphatic rings. The third-order valence-electron chi connectivity index (χ3n) is 3.96. The Labute approximate surface area is 168 Å². The Balaban J connectivity index is 0.00000225. The van der Waals surface area contributed by atoms with Crippen molar-refractivity contribution in [3.05, 3.63) is 89.0 Å². The van der Waals surface area contributed by atoms with E-state index in [1.165, 1.54) is 12.1 Å². The Hall–Kier alpha value is -2.20. The molecule has 0 unspecified atom stereocenters. The van der Waals surface area contributed by atoms with Crippen molar-refractivity contribution < 1.29 is 44.3 Å². The monoisotopic (exact) mass is 338 g/mol. The van der Waals surface area contributed by atoms with Crippen molar-refractivity contribution in [2.45, 2.75) is 6.92 Å². The van der Waals surface area contributed by atoms with Gasteiger partial charge < -0.3 is 9.90 Å². The van der Waals surface area contributed by atoms with Crippen molar-refractivity contribution in [1.29, 1.82) is 0 Å². The molecule has 0 heterocycles. The summed E-state index contributed by atoms with van der Waals surface area (Å²) >= 11 is 0. The van der Waals surface area contributed by atoms with Gasteiger partial charge in [0, 0.05) is 11.1 Å². The van der Waals surface area contributed by atoms with Crippen LogP contribution in [-0.2, 0) is 0 Å². The van der Waals surface area contributed by atoms with Crippen LogP contribution in [0.3, 0.4) is 0 Å². The summed E-state index contributed by atoms with van der Waals surface area (Å²) in [5.74, 6) is -1.41. The predicted molar refractivity (Wildman–Crippen MR) is 92.8 cm³/mol. The zero-order chi connectivity index (χ0) is 17.1. The average molecular weight is 338 g/mol. The molecule has 3 rings (SSSR count). The smallest absolute Gasteiger partial charge is 0.545 e. The Morgan fingerprint density at radius 2 is 1.56 bits per heavy atom. The molecular formula is C21H15NaO3. The molecule has 0 radical (unpaired) electrons. The van der Waals surface area contributed by atoms with Gasteiger partial charge in [0.1, 0.15) is 0 Å². The number of ketones is 1. The number of carboxylic acids is 1. The summed E-state index contributed by atoms with van der Waals surface area (Å²) in [5.41, 5.74) is 2.31. The molecule has 0 N–H and O–H groups in total. The fourth-order valence-electron chi connectivity index (χ4n) is 2.80. The zero-order valence-electron chi connectivity index (χ0n) is 14.2. The van der Waals surface area contributed by atoms with E-state index in [1.807, 2.05) is 49.4 Å². The van der Waals surface area contributed by atoms with Gasteiger partial charge in [-0.2, -0.15) is 0 Å². The minimum absolute atomic E-state index is 0. The number of allylic oxidation sites excluding steroid dienone is 1. The van der Waals surface area contributed by atoms with Crippen LogP contribution in [0.15, 0.2) is 66.7 Å². The number of fused-ring (bicyclic) bond motifs is 1. The molecular weight excluding hydrogens is 323 g/mol. The second kappa shape index (κ2) is 8.26. The van der Waals surface area contributed by atoms with E-state index in [4.69, 9.17) is 0 Å². The number of carbonyl (C=O) groups is 2.